The van der Waals surface area contributed by atoms with E-state index in [1.165, 1.54) is 12.8 Å². The Morgan fingerprint density at radius 3 is 2.75 bits per heavy atom. The fourth-order valence-corrected chi connectivity index (χ4v) is 1.97. The van der Waals surface area contributed by atoms with Crippen LogP contribution in [0, 0.1) is 0 Å². The lowest BCUT2D eigenvalue weighted by atomic mass is 10.1. The molecule has 0 N–H and O–H groups in total. The zero-order valence-corrected chi connectivity index (χ0v) is 9.78. The number of fused-ring (bicyclic) bond motifs is 1. The maximum absolute atomic E-state index is 11.4. The number of esters is 1. The second kappa shape index (κ2) is 4.00. The molecule has 0 amide bonds. The molecule has 3 heteroatoms. The molecule has 0 aliphatic rings. The van der Waals surface area contributed by atoms with Crippen LogP contribution < -0.4 is 0 Å². The second-order valence-corrected chi connectivity index (χ2v) is 3.81. The molecular formula is C13H15NO2. The molecule has 1 aromatic carbocycles. The molecular weight excluding hydrogens is 202 g/mol. The van der Waals surface area contributed by atoms with Gasteiger partial charge in [0.05, 0.1) is 12.7 Å². The van der Waals surface area contributed by atoms with Gasteiger partial charge in [0.25, 0.3) is 0 Å². The smallest absolute Gasteiger partial charge is 0.337 e. The van der Waals surface area contributed by atoms with E-state index in [-0.39, 0.29) is 5.97 Å². The number of methoxy groups -OCH3 is 1. The van der Waals surface area contributed by atoms with E-state index in [0.717, 1.165) is 17.3 Å². The first-order valence-corrected chi connectivity index (χ1v) is 5.34. The molecule has 0 fully saturated rings. The molecule has 2 rings (SSSR count). The summed E-state index contributed by atoms with van der Waals surface area (Å²) in [5, 5.41) is 1.16. The van der Waals surface area contributed by atoms with Crippen LogP contribution in [0.5, 0.6) is 0 Å². The zero-order chi connectivity index (χ0) is 11.7. The topological polar surface area (TPSA) is 31.2 Å². The van der Waals surface area contributed by atoms with Gasteiger partial charge in [0.15, 0.2) is 0 Å². The van der Waals surface area contributed by atoms with E-state index in [1.54, 1.807) is 6.07 Å². The summed E-state index contributed by atoms with van der Waals surface area (Å²) in [7, 11) is 3.41. The first kappa shape index (κ1) is 10.7. The third-order valence-corrected chi connectivity index (χ3v) is 2.93. The number of benzene rings is 1. The van der Waals surface area contributed by atoms with Crippen molar-refractivity contribution < 1.29 is 9.53 Å². The molecule has 0 bridgehead atoms. The summed E-state index contributed by atoms with van der Waals surface area (Å²) in [5.74, 6) is -0.291. The van der Waals surface area contributed by atoms with E-state index < -0.39 is 0 Å². The van der Waals surface area contributed by atoms with Crippen molar-refractivity contribution in [2.24, 2.45) is 7.05 Å². The minimum Gasteiger partial charge on any atom is -0.465 e. The fourth-order valence-electron chi connectivity index (χ4n) is 1.97. The van der Waals surface area contributed by atoms with E-state index in [1.807, 2.05) is 19.2 Å². The maximum atomic E-state index is 11.4. The van der Waals surface area contributed by atoms with Crippen molar-refractivity contribution in [3.05, 3.63) is 35.5 Å². The highest BCUT2D eigenvalue weighted by Gasteiger charge is 2.09. The van der Waals surface area contributed by atoms with Gasteiger partial charge in [-0.25, -0.2) is 4.79 Å². The summed E-state index contributed by atoms with van der Waals surface area (Å²) in [6, 6.07) is 7.78. The first-order valence-electron chi connectivity index (χ1n) is 5.34. The molecule has 2 aromatic rings. The van der Waals surface area contributed by atoms with Gasteiger partial charge in [-0.3, -0.25) is 0 Å². The van der Waals surface area contributed by atoms with Crippen molar-refractivity contribution >= 4 is 16.9 Å². The molecule has 0 unspecified atom stereocenters. The summed E-state index contributed by atoms with van der Waals surface area (Å²) >= 11 is 0. The van der Waals surface area contributed by atoms with Gasteiger partial charge in [-0.2, -0.15) is 0 Å². The lowest BCUT2D eigenvalue weighted by molar-refractivity contribution is 0.0601. The summed E-state index contributed by atoms with van der Waals surface area (Å²) in [6.07, 6.45) is 0.985. The number of hydrogen-bond donors (Lipinski definition) is 0. The Bertz CT molecular complexity index is 540. The Hall–Kier alpha value is -1.77. The minimum absolute atomic E-state index is 0.291. The normalized spacial score (nSPS) is 10.7. The van der Waals surface area contributed by atoms with Crippen LogP contribution >= 0.6 is 0 Å². The van der Waals surface area contributed by atoms with Crippen molar-refractivity contribution in [1.29, 1.82) is 0 Å². The van der Waals surface area contributed by atoms with Crippen molar-refractivity contribution in [3.63, 3.8) is 0 Å². The van der Waals surface area contributed by atoms with Crippen LogP contribution in [0.2, 0.25) is 0 Å². The molecule has 0 aliphatic carbocycles. The second-order valence-electron chi connectivity index (χ2n) is 3.81. The van der Waals surface area contributed by atoms with Gasteiger partial charge in [-0.05, 0) is 30.0 Å². The van der Waals surface area contributed by atoms with Crippen LogP contribution in [0.3, 0.4) is 0 Å². The highest BCUT2D eigenvalue weighted by Crippen LogP contribution is 2.20. The molecule has 84 valence electrons. The Balaban J connectivity index is 2.61. The summed E-state index contributed by atoms with van der Waals surface area (Å²) < 4.78 is 6.82. The van der Waals surface area contributed by atoms with Crippen molar-refractivity contribution in [1.82, 2.24) is 4.57 Å². The number of rotatable bonds is 2. The van der Waals surface area contributed by atoms with Crippen LogP contribution in [-0.4, -0.2) is 17.6 Å². The predicted octanol–water partition coefficient (Wildman–Crippen LogP) is 2.53. The van der Waals surface area contributed by atoms with Crippen LogP contribution in [0.1, 0.15) is 23.0 Å². The lowest BCUT2D eigenvalue weighted by Gasteiger charge is -2.02. The van der Waals surface area contributed by atoms with Crippen LogP contribution in [0.15, 0.2) is 24.3 Å². The van der Waals surface area contributed by atoms with Crippen LogP contribution in [0.25, 0.3) is 10.9 Å². The first-order chi connectivity index (χ1) is 7.67. The quantitative estimate of drug-likeness (QED) is 0.724. The lowest BCUT2D eigenvalue weighted by Crippen LogP contribution is -2.01. The predicted molar refractivity (Wildman–Crippen MR) is 63.6 cm³/mol. The number of hydrogen-bond acceptors (Lipinski definition) is 2. The Kier molecular flexibility index (Phi) is 2.69. The van der Waals surface area contributed by atoms with Gasteiger partial charge < -0.3 is 9.30 Å². The van der Waals surface area contributed by atoms with Gasteiger partial charge in [0, 0.05) is 18.3 Å². The minimum atomic E-state index is -0.291. The Labute approximate surface area is 94.6 Å². The van der Waals surface area contributed by atoms with Crippen molar-refractivity contribution in [2.45, 2.75) is 13.3 Å². The average molecular weight is 217 g/mol. The van der Waals surface area contributed by atoms with E-state index in [2.05, 4.69) is 17.6 Å². The molecule has 3 nitrogen and oxygen atoms in total. The van der Waals surface area contributed by atoms with Gasteiger partial charge in [0.1, 0.15) is 0 Å². The van der Waals surface area contributed by atoms with E-state index in [4.69, 9.17) is 4.74 Å². The molecule has 0 saturated heterocycles. The van der Waals surface area contributed by atoms with Crippen LogP contribution in [-0.2, 0) is 18.2 Å². The monoisotopic (exact) mass is 217 g/mol. The molecule has 1 aromatic heterocycles. The Morgan fingerprint density at radius 1 is 1.38 bits per heavy atom. The van der Waals surface area contributed by atoms with Crippen molar-refractivity contribution in [3.8, 4) is 0 Å². The number of aryl methyl sites for hydroxylation is 2. The number of aromatic nitrogens is 1. The van der Waals surface area contributed by atoms with E-state index in [9.17, 15) is 4.79 Å². The number of carbonyl (C=O) groups is 1. The highest BCUT2D eigenvalue weighted by atomic mass is 16.5. The largest absolute Gasteiger partial charge is 0.465 e. The average Bonchev–Trinajstić information content (AvgIpc) is 2.64. The molecule has 16 heavy (non-hydrogen) atoms. The summed E-state index contributed by atoms with van der Waals surface area (Å²) in [4.78, 5) is 11.4. The van der Waals surface area contributed by atoms with Crippen LogP contribution in [0.4, 0.5) is 0 Å². The Morgan fingerprint density at radius 2 is 2.12 bits per heavy atom. The third kappa shape index (κ3) is 1.58. The summed E-state index contributed by atoms with van der Waals surface area (Å²) in [5.41, 5.74) is 2.93. The molecule has 0 aliphatic heterocycles. The zero-order valence-electron chi connectivity index (χ0n) is 9.78. The van der Waals surface area contributed by atoms with Gasteiger partial charge in [-0.1, -0.05) is 13.0 Å². The van der Waals surface area contributed by atoms with Gasteiger partial charge in [0.2, 0.25) is 0 Å². The number of nitrogens with zero attached hydrogens (tertiary/aromatic N) is 1. The SMILES string of the molecule is CCc1cc2ccc(C(=O)OC)cc2n1C. The van der Waals surface area contributed by atoms with Gasteiger partial charge in [-0.15, -0.1) is 0 Å². The standard InChI is InChI=1S/C13H15NO2/c1-4-11-7-9-5-6-10(13(15)16-3)8-12(9)14(11)2/h5-8H,4H2,1-3H3. The van der Waals surface area contributed by atoms with E-state index >= 15 is 0 Å². The summed E-state index contributed by atoms with van der Waals surface area (Å²) in [6.45, 7) is 2.12. The van der Waals surface area contributed by atoms with E-state index in [0.29, 0.717) is 5.56 Å². The highest BCUT2D eigenvalue weighted by molar-refractivity contribution is 5.94. The molecule has 0 radical (unpaired) electrons. The fraction of sp³-hybridized carbons (Fsp3) is 0.308. The third-order valence-electron chi connectivity index (χ3n) is 2.93. The molecule has 0 atom stereocenters. The number of carbonyl (C=O) groups excluding carboxylic acids is 1. The van der Waals surface area contributed by atoms with Crippen molar-refractivity contribution in [2.75, 3.05) is 7.11 Å². The maximum Gasteiger partial charge on any atom is 0.337 e. The van der Waals surface area contributed by atoms with Gasteiger partial charge >= 0.3 is 5.97 Å². The molecule has 0 saturated carbocycles. The number of ether oxygens (including phenoxy) is 1. The molecule has 0 spiro atoms. The molecule has 1 heterocycles.